The van der Waals surface area contributed by atoms with Crippen LogP contribution in [-0.4, -0.2) is 202 Å². The SMILES string of the molecule is C=CC(C)NC(=O)C1COC(CCCC(=O)N[C@H](C(=O)N[C@@H](CCCNC(N)=O)C(=O)Nc2ccc(CNC(=O)[C@H](Cc3ccccc3)NC(=O)[C@H](C)[C@@H](OC)[C@@H]3CCCN3C(=O)C[C@@H](OC)[C@H]([C@@H](C)CC)N(C)C(=O)[C@@H](NC(=O)[C@@H](N(C)C)C(C)(C)CCCC)C(C)C)cc2)C(C)C)OC1. The van der Waals surface area contributed by atoms with Crippen molar-refractivity contribution in [2.75, 3.05) is 67.0 Å². The van der Waals surface area contributed by atoms with Gasteiger partial charge in [0.25, 0.3) is 0 Å². The first-order chi connectivity index (χ1) is 47.8. The molecule has 26 heteroatoms. The van der Waals surface area contributed by atoms with Crippen molar-refractivity contribution in [2.45, 2.75) is 233 Å². The number of ether oxygens (including phenoxy) is 4. The smallest absolute Gasteiger partial charge is 0.312 e. The number of hydrogen-bond acceptors (Lipinski definition) is 15. The molecule has 0 radical (unpaired) electrons. The molecular weight excluding hydrogens is 1290 g/mol. The van der Waals surface area contributed by atoms with E-state index in [1.165, 1.54) is 14.2 Å². The molecular formula is C75H122N12O14. The maximum Gasteiger partial charge on any atom is 0.312 e. The van der Waals surface area contributed by atoms with E-state index in [1.807, 2.05) is 83.9 Å². The Hall–Kier alpha value is -7.52. The summed E-state index contributed by atoms with van der Waals surface area (Å²) in [6.45, 7) is 25.8. The summed E-state index contributed by atoms with van der Waals surface area (Å²) in [4.78, 5) is 143. The average molecular weight is 1420 g/mol. The van der Waals surface area contributed by atoms with Crippen LogP contribution in [-0.2, 0) is 75.1 Å². The molecule has 2 aliphatic heterocycles. The first-order valence-electron chi connectivity index (χ1n) is 36.2. The van der Waals surface area contributed by atoms with E-state index in [0.717, 1.165) is 24.8 Å². The largest absolute Gasteiger partial charge is 0.379 e. The number of nitrogens with one attached hydrogen (secondary N) is 8. The molecule has 0 aromatic heterocycles. The maximum atomic E-state index is 14.8. The van der Waals surface area contributed by atoms with Gasteiger partial charge >= 0.3 is 6.03 Å². The first-order valence-corrected chi connectivity index (χ1v) is 36.2. The van der Waals surface area contributed by atoms with Gasteiger partial charge in [0, 0.05) is 65.5 Å². The molecule has 2 aromatic rings. The van der Waals surface area contributed by atoms with Crippen LogP contribution < -0.4 is 48.3 Å². The molecule has 2 aliphatic rings. The number of unbranched alkanes of at least 4 members (excludes halogenated alkanes) is 1. The lowest BCUT2D eigenvalue weighted by Gasteiger charge is -2.42. The van der Waals surface area contributed by atoms with Crippen LogP contribution in [0.2, 0.25) is 0 Å². The van der Waals surface area contributed by atoms with Gasteiger partial charge in [-0.25, -0.2) is 4.79 Å². The van der Waals surface area contributed by atoms with E-state index in [-0.39, 0.29) is 111 Å². The summed E-state index contributed by atoms with van der Waals surface area (Å²) >= 11 is 0. The molecule has 12 atom stereocenters. The number of carbonyl (C=O) groups excluding carboxylic acids is 10. The number of carbonyl (C=O) groups is 10. The minimum Gasteiger partial charge on any atom is -0.379 e. The van der Waals surface area contributed by atoms with Crippen molar-refractivity contribution in [1.29, 1.82) is 0 Å². The highest BCUT2D eigenvalue weighted by atomic mass is 16.7. The first kappa shape index (κ1) is 85.9. The Morgan fingerprint density at radius 3 is 1.95 bits per heavy atom. The number of methoxy groups -OCH3 is 2. The fourth-order valence-corrected chi connectivity index (χ4v) is 13.5. The van der Waals surface area contributed by atoms with Crippen LogP contribution in [0.15, 0.2) is 67.3 Å². The average Bonchev–Trinajstić information content (AvgIpc) is 1.80. The van der Waals surface area contributed by atoms with E-state index >= 15 is 0 Å². The third kappa shape index (κ3) is 27.0. The second-order valence-corrected chi connectivity index (χ2v) is 28.9. The van der Waals surface area contributed by atoms with Gasteiger partial charge in [-0.05, 0) is 112 Å². The number of nitrogens with zero attached hydrogens (tertiary/aromatic N) is 3. The van der Waals surface area contributed by atoms with Gasteiger partial charge in [-0.2, -0.15) is 0 Å². The second-order valence-electron chi connectivity index (χ2n) is 28.9. The monoisotopic (exact) mass is 1410 g/mol. The fraction of sp³-hybridized carbons (Fsp3) is 0.680. The van der Waals surface area contributed by atoms with E-state index in [2.05, 4.69) is 69.9 Å². The number of urea groups is 1. The Labute approximate surface area is 600 Å². The molecule has 0 spiro atoms. The van der Waals surface area contributed by atoms with Crippen LogP contribution >= 0.6 is 0 Å². The van der Waals surface area contributed by atoms with Gasteiger partial charge < -0.3 is 77.0 Å². The van der Waals surface area contributed by atoms with Gasteiger partial charge in [0.15, 0.2) is 6.29 Å². The molecule has 566 valence electrons. The molecule has 0 bridgehead atoms. The molecule has 1 unspecified atom stereocenters. The van der Waals surface area contributed by atoms with Gasteiger partial charge in [0.05, 0.1) is 61.8 Å². The minimum absolute atomic E-state index is 0.0460. The number of amides is 11. The molecule has 2 saturated heterocycles. The van der Waals surface area contributed by atoms with Gasteiger partial charge in [0.2, 0.25) is 53.2 Å². The third-order valence-corrected chi connectivity index (χ3v) is 19.5. The summed E-state index contributed by atoms with van der Waals surface area (Å²) in [5.74, 6) is -5.42. The zero-order chi connectivity index (χ0) is 75.3. The van der Waals surface area contributed by atoms with Crippen molar-refractivity contribution in [3.63, 3.8) is 0 Å². The Morgan fingerprint density at radius 1 is 0.733 bits per heavy atom. The summed E-state index contributed by atoms with van der Waals surface area (Å²) in [6.07, 6.45) is 5.46. The van der Waals surface area contributed by atoms with Crippen LogP contribution in [0.1, 0.15) is 164 Å². The van der Waals surface area contributed by atoms with E-state index < -0.39 is 108 Å². The highest BCUT2D eigenvalue weighted by Crippen LogP contribution is 2.33. The van der Waals surface area contributed by atoms with E-state index in [9.17, 15) is 47.9 Å². The molecule has 2 aromatic carbocycles. The highest BCUT2D eigenvalue weighted by Gasteiger charge is 2.45. The van der Waals surface area contributed by atoms with E-state index in [1.54, 1.807) is 68.0 Å². The number of likely N-dealkylation sites (tertiary alicyclic amines) is 1. The summed E-state index contributed by atoms with van der Waals surface area (Å²) in [5.41, 5.74) is 6.76. The van der Waals surface area contributed by atoms with Crippen molar-refractivity contribution in [2.24, 2.45) is 40.7 Å². The van der Waals surface area contributed by atoms with Crippen LogP contribution in [0.4, 0.5) is 10.5 Å². The highest BCUT2D eigenvalue weighted by molar-refractivity contribution is 5.98. The normalized spacial score (nSPS) is 18.8. The predicted molar refractivity (Wildman–Crippen MR) is 389 cm³/mol. The summed E-state index contributed by atoms with van der Waals surface area (Å²) in [5, 5.41) is 22.9. The standard InChI is InChI=1S/C75H122N12O14/c1-18-21-38-75(11,12)66(85(13)14)72(95)84-63(47(6)7)73(96)86(15)64(48(8)19-2)58(98-16)42-60(89)87-40-27-31-57(87)65(99-17)50(10)67(90)82-56(41-51-28-23-22-24-29-51)69(92)78-43-52-34-36-54(37-35-52)80-70(93)55(30-26-39-77-74(76)97)81-71(94)62(46(4)5)83-59(88)32-25-33-61-100-44-53(45-101-61)68(91)79-49(9)20-3/h20,22-24,28-29,34-37,46-50,53,55-58,61-66H,3,18-19,21,25-27,30-33,38-45H2,1-2,4-17H3,(H,78,92)(H,79,91)(H,80,93)(H,81,94)(H,82,90)(H,83,88)(H,84,95)(H3,76,77,97)/t48-,49?,50+,53?,55-,56-,57-,58+,61?,62-,63-,64-,65+,66+/m0/s1. The molecule has 2 fully saturated rings. The molecule has 101 heavy (non-hydrogen) atoms. The molecule has 10 N–H and O–H groups in total. The predicted octanol–water partition coefficient (Wildman–Crippen LogP) is 6.10. The summed E-state index contributed by atoms with van der Waals surface area (Å²) in [7, 11) is 8.54. The number of benzene rings is 2. The fourth-order valence-electron chi connectivity index (χ4n) is 13.5. The van der Waals surface area contributed by atoms with Gasteiger partial charge in [-0.15, -0.1) is 6.58 Å². The number of anilines is 1. The summed E-state index contributed by atoms with van der Waals surface area (Å²) in [6, 6.07) is 9.51. The van der Waals surface area contributed by atoms with Gasteiger partial charge in [-0.3, -0.25) is 48.1 Å². The van der Waals surface area contributed by atoms with Crippen molar-refractivity contribution < 1.29 is 66.9 Å². The van der Waals surface area contributed by atoms with Crippen molar-refractivity contribution >= 4 is 64.9 Å². The molecule has 26 nitrogen and oxygen atoms in total. The zero-order valence-electron chi connectivity index (χ0n) is 63.1. The van der Waals surface area contributed by atoms with Gasteiger partial charge in [-0.1, -0.05) is 137 Å². The maximum absolute atomic E-state index is 14.8. The van der Waals surface area contributed by atoms with Crippen molar-refractivity contribution in [3.8, 4) is 0 Å². The number of rotatable bonds is 43. The zero-order valence-corrected chi connectivity index (χ0v) is 63.1. The third-order valence-electron chi connectivity index (χ3n) is 19.5. The van der Waals surface area contributed by atoms with E-state index in [0.29, 0.717) is 49.9 Å². The topological polar surface area (TPSA) is 340 Å². The lowest BCUT2D eigenvalue weighted by molar-refractivity contribution is -0.204. The lowest BCUT2D eigenvalue weighted by atomic mass is 9.78. The lowest BCUT2D eigenvalue weighted by Crippen LogP contribution is -2.60. The molecule has 0 aliphatic carbocycles. The number of likely N-dealkylation sites (N-methyl/N-ethyl adjacent to an activating group) is 2. The Morgan fingerprint density at radius 2 is 1.38 bits per heavy atom. The number of hydrogen-bond donors (Lipinski definition) is 9. The van der Waals surface area contributed by atoms with Gasteiger partial charge in [0.1, 0.15) is 24.2 Å². The van der Waals surface area contributed by atoms with Crippen molar-refractivity contribution in [3.05, 3.63) is 78.4 Å². The van der Waals surface area contributed by atoms with Crippen molar-refractivity contribution in [1.82, 2.24) is 51.9 Å². The van der Waals surface area contributed by atoms with Crippen LogP contribution in [0.25, 0.3) is 0 Å². The van der Waals surface area contributed by atoms with E-state index in [4.69, 9.17) is 24.7 Å². The quantitative estimate of drug-likeness (QED) is 0.0268. The second kappa shape index (κ2) is 42.8. The van der Waals surface area contributed by atoms with Crippen LogP contribution in [0, 0.1) is 35.0 Å². The molecule has 11 amide bonds. The van der Waals surface area contributed by atoms with Crippen LogP contribution in [0.5, 0.6) is 0 Å². The molecule has 0 saturated carbocycles. The number of primary amides is 1. The Balaban J connectivity index is 1.42. The Bertz CT molecular complexity index is 2980. The van der Waals surface area contributed by atoms with Crippen LogP contribution in [0.3, 0.4) is 0 Å². The minimum atomic E-state index is -1.10. The molecule has 2 heterocycles. The summed E-state index contributed by atoms with van der Waals surface area (Å²) < 4.78 is 23.8. The molecule has 4 rings (SSSR count). The Kier molecular flexibility index (Phi) is 36.4. The number of nitrogens with two attached hydrogens (primary N) is 1.